The molecule has 3 heteroatoms. The van der Waals surface area contributed by atoms with Gasteiger partial charge in [-0.05, 0) is 47.7 Å². The normalized spacial score (nSPS) is 14.3. The molecule has 0 spiro atoms. The second kappa shape index (κ2) is 5.21. The number of amidine groups is 1. The SMILES string of the molecule is Cc1cccc(C)c1-c1cccc2c1C1=NOCN1c1ccccc1-2. The molecule has 122 valence electrons. The van der Waals surface area contributed by atoms with Crippen LogP contribution in [0, 0.1) is 13.8 Å². The molecule has 0 bridgehead atoms. The van der Waals surface area contributed by atoms with Crippen molar-refractivity contribution >= 4 is 11.5 Å². The third-order valence-corrected chi connectivity index (χ3v) is 5.12. The van der Waals surface area contributed by atoms with Crippen LogP contribution in [-0.4, -0.2) is 12.6 Å². The minimum absolute atomic E-state index is 0.465. The van der Waals surface area contributed by atoms with Gasteiger partial charge in [0.15, 0.2) is 12.6 Å². The number of fused-ring (bicyclic) bond motifs is 6. The summed E-state index contributed by atoms with van der Waals surface area (Å²) >= 11 is 0. The number of hydrogen-bond donors (Lipinski definition) is 0. The second-order valence-electron chi connectivity index (χ2n) is 6.61. The van der Waals surface area contributed by atoms with Gasteiger partial charge in [-0.3, -0.25) is 4.90 Å². The highest BCUT2D eigenvalue weighted by molar-refractivity contribution is 6.22. The van der Waals surface area contributed by atoms with Gasteiger partial charge in [-0.25, -0.2) is 0 Å². The Bertz CT molecular complexity index is 1020. The Labute approximate surface area is 147 Å². The highest BCUT2D eigenvalue weighted by Crippen LogP contribution is 2.44. The Morgan fingerprint density at radius 2 is 1.44 bits per heavy atom. The zero-order valence-electron chi connectivity index (χ0n) is 14.3. The lowest BCUT2D eigenvalue weighted by molar-refractivity contribution is 0.174. The van der Waals surface area contributed by atoms with E-state index in [0.29, 0.717) is 6.73 Å². The van der Waals surface area contributed by atoms with Gasteiger partial charge in [0.2, 0.25) is 0 Å². The van der Waals surface area contributed by atoms with Crippen LogP contribution in [0.3, 0.4) is 0 Å². The highest BCUT2D eigenvalue weighted by atomic mass is 16.7. The Kier molecular flexibility index (Phi) is 2.98. The summed E-state index contributed by atoms with van der Waals surface area (Å²) in [7, 11) is 0. The van der Waals surface area contributed by atoms with Gasteiger partial charge >= 0.3 is 0 Å². The first-order chi connectivity index (χ1) is 12.3. The van der Waals surface area contributed by atoms with Gasteiger partial charge in [-0.2, -0.15) is 0 Å². The summed E-state index contributed by atoms with van der Waals surface area (Å²) < 4.78 is 0. The fourth-order valence-corrected chi connectivity index (χ4v) is 4.02. The molecule has 0 atom stereocenters. The summed E-state index contributed by atoms with van der Waals surface area (Å²) in [5.74, 6) is 0.909. The van der Waals surface area contributed by atoms with Crippen LogP contribution >= 0.6 is 0 Å². The Balaban J connectivity index is 1.88. The van der Waals surface area contributed by atoms with Crippen LogP contribution in [-0.2, 0) is 4.84 Å². The first-order valence-electron chi connectivity index (χ1n) is 8.52. The lowest BCUT2D eigenvalue weighted by Gasteiger charge is -2.30. The monoisotopic (exact) mass is 326 g/mol. The summed E-state index contributed by atoms with van der Waals surface area (Å²) in [6.45, 7) is 4.80. The number of hydrogen-bond acceptors (Lipinski definition) is 3. The molecule has 0 N–H and O–H groups in total. The van der Waals surface area contributed by atoms with Crippen LogP contribution in [0.4, 0.5) is 5.69 Å². The lowest BCUT2D eigenvalue weighted by Crippen LogP contribution is -2.32. The van der Waals surface area contributed by atoms with Crippen molar-refractivity contribution in [3.05, 3.63) is 77.4 Å². The van der Waals surface area contributed by atoms with E-state index >= 15 is 0 Å². The number of benzene rings is 3. The maximum Gasteiger partial charge on any atom is 0.195 e. The Hall–Kier alpha value is -3.07. The quantitative estimate of drug-likeness (QED) is 0.621. The summed E-state index contributed by atoms with van der Waals surface area (Å²) in [5.41, 5.74) is 9.83. The van der Waals surface area contributed by atoms with Gasteiger partial charge in [-0.1, -0.05) is 59.8 Å². The molecule has 5 rings (SSSR count). The first-order valence-corrected chi connectivity index (χ1v) is 8.52. The van der Waals surface area contributed by atoms with Gasteiger partial charge in [0.1, 0.15) is 0 Å². The maximum absolute atomic E-state index is 5.47. The molecule has 0 aromatic heterocycles. The van der Waals surface area contributed by atoms with E-state index in [1.165, 1.54) is 33.4 Å². The third-order valence-electron chi connectivity index (χ3n) is 5.12. The van der Waals surface area contributed by atoms with E-state index in [4.69, 9.17) is 4.84 Å². The number of aryl methyl sites for hydroxylation is 2. The number of oxime groups is 1. The van der Waals surface area contributed by atoms with Crippen molar-refractivity contribution in [3.63, 3.8) is 0 Å². The molecule has 0 fully saturated rings. The van der Waals surface area contributed by atoms with E-state index in [9.17, 15) is 0 Å². The maximum atomic E-state index is 5.47. The van der Waals surface area contributed by atoms with Crippen LogP contribution < -0.4 is 4.90 Å². The molecule has 2 aliphatic heterocycles. The van der Waals surface area contributed by atoms with Crippen molar-refractivity contribution in [3.8, 4) is 22.3 Å². The van der Waals surface area contributed by atoms with Gasteiger partial charge in [0.25, 0.3) is 0 Å². The van der Waals surface area contributed by atoms with Crippen LogP contribution in [0.1, 0.15) is 16.7 Å². The van der Waals surface area contributed by atoms with Crippen molar-refractivity contribution in [2.45, 2.75) is 13.8 Å². The van der Waals surface area contributed by atoms with Crippen molar-refractivity contribution in [2.24, 2.45) is 5.16 Å². The molecule has 0 radical (unpaired) electrons. The van der Waals surface area contributed by atoms with E-state index in [0.717, 1.165) is 17.1 Å². The van der Waals surface area contributed by atoms with E-state index in [2.05, 4.69) is 84.6 Å². The largest absolute Gasteiger partial charge is 0.371 e. The summed E-state index contributed by atoms with van der Waals surface area (Å²) in [6.07, 6.45) is 0. The molecular formula is C22H18N2O. The lowest BCUT2D eigenvalue weighted by atomic mass is 9.85. The first kappa shape index (κ1) is 14.3. The zero-order valence-corrected chi connectivity index (χ0v) is 14.3. The minimum atomic E-state index is 0.465. The van der Waals surface area contributed by atoms with Crippen molar-refractivity contribution in [1.29, 1.82) is 0 Å². The van der Waals surface area contributed by atoms with Crippen LogP contribution in [0.2, 0.25) is 0 Å². The third kappa shape index (κ3) is 1.96. The molecule has 2 heterocycles. The van der Waals surface area contributed by atoms with Gasteiger partial charge in [0.05, 0.1) is 5.69 Å². The molecule has 0 amide bonds. The van der Waals surface area contributed by atoms with E-state index in [1.807, 2.05) is 0 Å². The van der Waals surface area contributed by atoms with Gasteiger partial charge in [-0.15, -0.1) is 0 Å². The standard InChI is InChI=1S/C22H18N2O/c1-14-7-5-8-15(2)20(14)18-11-6-10-17-16-9-3-4-12-19(16)24-13-25-23-22(24)21(17)18/h3-12H,13H2,1-2H3. The predicted octanol–water partition coefficient (Wildman–Crippen LogP) is 5.11. The topological polar surface area (TPSA) is 24.8 Å². The molecule has 0 saturated carbocycles. The predicted molar refractivity (Wildman–Crippen MR) is 102 cm³/mol. The van der Waals surface area contributed by atoms with Gasteiger partial charge in [0, 0.05) is 11.1 Å². The number of rotatable bonds is 1. The Morgan fingerprint density at radius 1 is 0.760 bits per heavy atom. The highest BCUT2D eigenvalue weighted by Gasteiger charge is 2.34. The average molecular weight is 326 g/mol. The van der Waals surface area contributed by atoms with E-state index < -0.39 is 0 Å². The van der Waals surface area contributed by atoms with Crippen molar-refractivity contribution in [1.82, 2.24) is 0 Å². The molecule has 2 aliphatic rings. The van der Waals surface area contributed by atoms with Crippen LogP contribution in [0.15, 0.2) is 65.8 Å². The van der Waals surface area contributed by atoms with Crippen molar-refractivity contribution in [2.75, 3.05) is 11.6 Å². The second-order valence-corrected chi connectivity index (χ2v) is 6.61. The molecule has 3 nitrogen and oxygen atoms in total. The molecule has 25 heavy (non-hydrogen) atoms. The smallest absolute Gasteiger partial charge is 0.195 e. The van der Waals surface area contributed by atoms with Crippen molar-refractivity contribution < 1.29 is 4.84 Å². The van der Waals surface area contributed by atoms with E-state index in [-0.39, 0.29) is 0 Å². The van der Waals surface area contributed by atoms with E-state index in [1.54, 1.807) is 0 Å². The van der Waals surface area contributed by atoms with Crippen LogP contribution in [0.5, 0.6) is 0 Å². The zero-order chi connectivity index (χ0) is 17.0. The Morgan fingerprint density at radius 3 is 2.28 bits per heavy atom. The summed E-state index contributed by atoms with van der Waals surface area (Å²) in [4.78, 5) is 7.63. The molecule has 3 aromatic rings. The van der Waals surface area contributed by atoms with Gasteiger partial charge < -0.3 is 4.84 Å². The number of para-hydroxylation sites is 1. The minimum Gasteiger partial charge on any atom is -0.371 e. The molecule has 0 saturated heterocycles. The number of nitrogens with zero attached hydrogens (tertiary/aromatic N) is 2. The number of anilines is 1. The van der Waals surface area contributed by atoms with Crippen LogP contribution in [0.25, 0.3) is 22.3 Å². The summed E-state index contributed by atoms with van der Waals surface area (Å²) in [6, 6.07) is 21.4. The summed E-state index contributed by atoms with van der Waals surface area (Å²) in [5, 5.41) is 4.39. The fourth-order valence-electron chi connectivity index (χ4n) is 4.02. The fraction of sp³-hybridized carbons (Fsp3) is 0.136. The molecule has 3 aromatic carbocycles. The molecule has 0 unspecified atom stereocenters. The molecule has 0 aliphatic carbocycles. The average Bonchev–Trinajstić information content (AvgIpc) is 3.12. The molecular weight excluding hydrogens is 308 g/mol.